The van der Waals surface area contributed by atoms with Crippen molar-refractivity contribution >= 4 is 35.0 Å². The normalized spacial score (nSPS) is 9.90. The lowest BCUT2D eigenvalue weighted by Crippen LogP contribution is -1.84. The summed E-state index contributed by atoms with van der Waals surface area (Å²) in [6.45, 7) is 0. The van der Waals surface area contributed by atoms with E-state index in [1.165, 1.54) is 11.8 Å². The Kier molecular flexibility index (Phi) is 2.77. The van der Waals surface area contributed by atoms with Crippen LogP contribution in [0.2, 0.25) is 10.4 Å². The lowest BCUT2D eigenvalue weighted by molar-refractivity contribution is 1.09. The Bertz CT molecular complexity index is 241. The minimum atomic E-state index is 0.128. The molecule has 1 radical (unpaired) electrons. The monoisotopic (exact) mass is 193 g/mol. The topological polar surface area (TPSA) is 25.8 Å². The van der Waals surface area contributed by atoms with Gasteiger partial charge in [-0.05, 0) is 17.9 Å². The standard InChI is InChI=1S/C5H3Cl2N2S/c1-10-3-2-8-5(7)9-4(3)6/h1H3. The molecule has 1 rings (SSSR count). The van der Waals surface area contributed by atoms with Gasteiger partial charge in [0.2, 0.25) is 5.28 Å². The summed E-state index contributed by atoms with van der Waals surface area (Å²) in [5.41, 5.74) is 0. The average Bonchev–Trinajstić information content (AvgIpc) is 1.88. The van der Waals surface area contributed by atoms with Crippen LogP contribution in [0.3, 0.4) is 0 Å². The molecule has 1 heterocycles. The molecule has 10 heavy (non-hydrogen) atoms. The van der Waals surface area contributed by atoms with E-state index >= 15 is 0 Å². The maximum atomic E-state index is 5.64. The van der Waals surface area contributed by atoms with Gasteiger partial charge in [-0.1, -0.05) is 11.6 Å². The number of nitrogens with zero attached hydrogens (tertiary/aromatic N) is 2. The third-order valence-electron chi connectivity index (χ3n) is 0.832. The average molecular weight is 194 g/mol. The van der Waals surface area contributed by atoms with Gasteiger partial charge < -0.3 is 0 Å². The quantitative estimate of drug-likeness (QED) is 0.389. The fourth-order valence-electron chi connectivity index (χ4n) is 0.430. The molecule has 0 fully saturated rings. The molecule has 2 nitrogen and oxygen atoms in total. The molecule has 0 bridgehead atoms. The summed E-state index contributed by atoms with van der Waals surface area (Å²) in [5.74, 6) is 0. The number of rotatable bonds is 1. The first kappa shape index (κ1) is 8.11. The zero-order valence-corrected chi connectivity index (χ0v) is 7.39. The summed E-state index contributed by atoms with van der Waals surface area (Å²) in [5, 5.41) is 0.482. The van der Waals surface area contributed by atoms with Crippen molar-refractivity contribution in [1.82, 2.24) is 9.97 Å². The van der Waals surface area contributed by atoms with Gasteiger partial charge in [-0.15, -0.1) is 11.8 Å². The van der Waals surface area contributed by atoms with Crippen molar-refractivity contribution in [2.75, 3.05) is 6.26 Å². The molecule has 0 unspecified atom stereocenters. The summed E-state index contributed by atoms with van der Waals surface area (Å²) < 4.78 is 0. The SMILES string of the molecule is CSc1[c]nc(Cl)nc1Cl. The molecular weight excluding hydrogens is 191 g/mol. The highest BCUT2D eigenvalue weighted by Gasteiger charge is 2.01. The Balaban J connectivity index is 3.07. The van der Waals surface area contributed by atoms with Crippen molar-refractivity contribution in [2.45, 2.75) is 4.90 Å². The molecule has 0 N–H and O–H groups in total. The van der Waals surface area contributed by atoms with Crippen molar-refractivity contribution < 1.29 is 0 Å². The van der Waals surface area contributed by atoms with Gasteiger partial charge in [-0.3, -0.25) is 0 Å². The van der Waals surface area contributed by atoms with Crippen LogP contribution in [-0.4, -0.2) is 16.2 Å². The van der Waals surface area contributed by atoms with Gasteiger partial charge in [-0.2, -0.15) is 0 Å². The maximum Gasteiger partial charge on any atom is 0.224 e. The molecule has 0 saturated heterocycles. The molecule has 5 heteroatoms. The van der Waals surface area contributed by atoms with E-state index < -0.39 is 0 Å². The number of hydrogen-bond donors (Lipinski definition) is 0. The fourth-order valence-corrected chi connectivity index (χ4v) is 1.30. The zero-order valence-electron chi connectivity index (χ0n) is 5.06. The predicted molar refractivity (Wildman–Crippen MR) is 42.7 cm³/mol. The third-order valence-corrected chi connectivity index (χ3v) is 2.08. The largest absolute Gasteiger partial charge is 0.224 e. The van der Waals surface area contributed by atoms with Crippen molar-refractivity contribution in [3.05, 3.63) is 16.6 Å². The van der Waals surface area contributed by atoms with Gasteiger partial charge in [0.15, 0.2) is 0 Å². The lowest BCUT2D eigenvalue weighted by atomic mass is 10.7. The summed E-state index contributed by atoms with van der Waals surface area (Å²) in [4.78, 5) is 8.06. The van der Waals surface area contributed by atoms with Crippen LogP contribution in [0.5, 0.6) is 0 Å². The summed E-state index contributed by atoms with van der Waals surface area (Å²) in [6, 6.07) is 0. The molecule has 0 saturated carbocycles. The number of aromatic nitrogens is 2. The molecule has 1 aromatic heterocycles. The Morgan fingerprint density at radius 1 is 1.50 bits per heavy atom. The van der Waals surface area contributed by atoms with Gasteiger partial charge in [0.05, 0.1) is 4.90 Å². The first-order chi connectivity index (χ1) is 4.74. The molecule has 0 amide bonds. The van der Waals surface area contributed by atoms with Gasteiger partial charge in [0.25, 0.3) is 0 Å². The molecule has 1 aromatic rings. The van der Waals surface area contributed by atoms with Crippen LogP contribution in [-0.2, 0) is 0 Å². The molecule has 0 aliphatic heterocycles. The third kappa shape index (κ3) is 1.75. The molecule has 0 aliphatic carbocycles. The van der Waals surface area contributed by atoms with Crippen LogP contribution >= 0.6 is 35.0 Å². The minimum Gasteiger partial charge on any atom is -0.215 e. The Labute approximate surface area is 73.0 Å². The Hall–Kier alpha value is 0.01000. The second-order valence-electron chi connectivity index (χ2n) is 1.43. The van der Waals surface area contributed by atoms with E-state index in [-0.39, 0.29) is 5.28 Å². The first-order valence-corrected chi connectivity index (χ1v) is 4.37. The molecule has 0 atom stereocenters. The second kappa shape index (κ2) is 3.42. The minimum absolute atomic E-state index is 0.128. The number of thioether (sulfide) groups is 1. The predicted octanol–water partition coefficient (Wildman–Crippen LogP) is 2.31. The van der Waals surface area contributed by atoms with Crippen LogP contribution in [0.4, 0.5) is 0 Å². The van der Waals surface area contributed by atoms with Crippen LogP contribution in [0.15, 0.2) is 4.90 Å². The Morgan fingerprint density at radius 2 is 2.20 bits per heavy atom. The van der Waals surface area contributed by atoms with E-state index in [0.29, 0.717) is 10.0 Å². The second-order valence-corrected chi connectivity index (χ2v) is 2.94. The lowest BCUT2D eigenvalue weighted by Gasteiger charge is -1.95. The van der Waals surface area contributed by atoms with Crippen molar-refractivity contribution in [1.29, 1.82) is 0 Å². The smallest absolute Gasteiger partial charge is 0.215 e. The highest BCUT2D eigenvalue weighted by molar-refractivity contribution is 7.98. The molecule has 53 valence electrons. The number of halogens is 2. The highest BCUT2D eigenvalue weighted by atomic mass is 35.5. The summed E-state index contributed by atoms with van der Waals surface area (Å²) in [7, 11) is 0. The molecule has 0 spiro atoms. The first-order valence-electron chi connectivity index (χ1n) is 2.38. The molecule has 0 aromatic carbocycles. The van der Waals surface area contributed by atoms with Crippen LogP contribution in [0.25, 0.3) is 0 Å². The van der Waals surface area contributed by atoms with Crippen molar-refractivity contribution in [2.24, 2.45) is 0 Å². The van der Waals surface area contributed by atoms with Crippen LogP contribution in [0.1, 0.15) is 0 Å². The molecule has 0 aliphatic rings. The van der Waals surface area contributed by atoms with E-state index in [2.05, 4.69) is 16.2 Å². The van der Waals surface area contributed by atoms with Gasteiger partial charge in [-0.25, -0.2) is 9.97 Å². The fraction of sp³-hybridized carbons (Fsp3) is 0.200. The summed E-state index contributed by atoms with van der Waals surface area (Å²) in [6.07, 6.45) is 4.51. The number of hydrogen-bond acceptors (Lipinski definition) is 3. The highest BCUT2D eigenvalue weighted by Crippen LogP contribution is 2.21. The van der Waals surface area contributed by atoms with Crippen LogP contribution < -0.4 is 0 Å². The van der Waals surface area contributed by atoms with E-state index in [0.717, 1.165) is 0 Å². The van der Waals surface area contributed by atoms with E-state index in [1.807, 2.05) is 6.26 Å². The van der Waals surface area contributed by atoms with E-state index in [4.69, 9.17) is 23.2 Å². The van der Waals surface area contributed by atoms with Gasteiger partial charge in [0, 0.05) is 0 Å². The van der Waals surface area contributed by atoms with Crippen molar-refractivity contribution in [3.63, 3.8) is 0 Å². The van der Waals surface area contributed by atoms with E-state index in [9.17, 15) is 0 Å². The maximum absolute atomic E-state index is 5.64. The molecular formula is C5H3Cl2N2S. The van der Waals surface area contributed by atoms with Crippen molar-refractivity contribution in [3.8, 4) is 0 Å². The van der Waals surface area contributed by atoms with E-state index in [1.54, 1.807) is 0 Å². The zero-order chi connectivity index (χ0) is 7.56. The van der Waals surface area contributed by atoms with Gasteiger partial charge in [0.1, 0.15) is 11.3 Å². The summed E-state index contributed by atoms with van der Waals surface area (Å²) >= 11 is 12.5. The van der Waals surface area contributed by atoms with Gasteiger partial charge >= 0.3 is 0 Å². The Morgan fingerprint density at radius 3 is 2.70 bits per heavy atom. The van der Waals surface area contributed by atoms with Crippen LogP contribution in [0, 0.1) is 6.20 Å².